The smallest absolute Gasteiger partial charge is 0.313 e. The van der Waals surface area contributed by atoms with E-state index in [0.29, 0.717) is 44.7 Å². The number of hydrogen-bond donors (Lipinski definition) is 3. The fourth-order valence-electron chi connectivity index (χ4n) is 3.32. The number of benzene rings is 1. The fourth-order valence-corrected chi connectivity index (χ4v) is 3.32. The molecule has 3 rings (SSSR count). The molecule has 1 aromatic rings. The average Bonchev–Trinajstić information content (AvgIpc) is 3.07. The highest BCUT2D eigenvalue weighted by molar-refractivity contribution is 6.39. The molecule has 2 aliphatic heterocycles. The van der Waals surface area contributed by atoms with Crippen molar-refractivity contribution in [2.45, 2.75) is 38.2 Å². The van der Waals surface area contributed by atoms with Gasteiger partial charge in [0.05, 0.1) is 5.60 Å². The van der Waals surface area contributed by atoms with Gasteiger partial charge in [-0.2, -0.15) is 0 Å². The Kier molecular flexibility index (Phi) is 5.76. The molecule has 0 aromatic heterocycles. The SMILES string of the molecule is Cc1ccc(NC(=O)C(=O)NCC2(O)CCOCC2)cc1N1CCCC1=O. The number of anilines is 2. The monoisotopic (exact) mass is 375 g/mol. The Labute approximate surface area is 157 Å². The van der Waals surface area contributed by atoms with Gasteiger partial charge in [-0.1, -0.05) is 6.07 Å². The molecule has 2 fully saturated rings. The number of aryl methyl sites for hydroxylation is 1. The standard InChI is InChI=1S/C19H25N3O5/c1-13-4-5-14(11-15(13)22-8-2-3-16(22)23)21-18(25)17(24)20-12-19(26)6-9-27-10-7-19/h4-5,11,26H,2-3,6-10,12H2,1H3,(H,20,24)(H,21,25). The van der Waals surface area contributed by atoms with Gasteiger partial charge >= 0.3 is 11.8 Å². The zero-order valence-electron chi connectivity index (χ0n) is 15.4. The quantitative estimate of drug-likeness (QED) is 0.672. The predicted octanol–water partition coefficient (Wildman–Crippen LogP) is 0.718. The van der Waals surface area contributed by atoms with Crippen LogP contribution in [0.4, 0.5) is 11.4 Å². The summed E-state index contributed by atoms with van der Waals surface area (Å²) >= 11 is 0. The molecule has 0 bridgehead atoms. The summed E-state index contributed by atoms with van der Waals surface area (Å²) in [5, 5.41) is 15.4. The van der Waals surface area contributed by atoms with Gasteiger partial charge in [0.15, 0.2) is 0 Å². The van der Waals surface area contributed by atoms with E-state index in [4.69, 9.17) is 4.74 Å². The summed E-state index contributed by atoms with van der Waals surface area (Å²) in [6.45, 7) is 3.41. The highest BCUT2D eigenvalue weighted by Gasteiger charge is 2.31. The molecule has 2 aliphatic rings. The first-order chi connectivity index (χ1) is 12.9. The molecule has 1 aromatic carbocycles. The highest BCUT2D eigenvalue weighted by atomic mass is 16.5. The number of nitrogens with one attached hydrogen (secondary N) is 2. The van der Waals surface area contributed by atoms with Crippen LogP contribution in [0, 0.1) is 6.92 Å². The lowest BCUT2D eigenvalue weighted by molar-refractivity contribution is -0.137. The van der Waals surface area contributed by atoms with E-state index < -0.39 is 17.4 Å². The van der Waals surface area contributed by atoms with E-state index in [-0.39, 0.29) is 12.5 Å². The lowest BCUT2D eigenvalue weighted by atomic mass is 9.94. The number of carbonyl (C=O) groups is 3. The van der Waals surface area contributed by atoms with Gasteiger partial charge in [0.1, 0.15) is 0 Å². The molecule has 0 atom stereocenters. The molecule has 3 amide bonds. The van der Waals surface area contributed by atoms with E-state index in [9.17, 15) is 19.5 Å². The van der Waals surface area contributed by atoms with Crippen LogP contribution >= 0.6 is 0 Å². The van der Waals surface area contributed by atoms with Crippen LogP contribution in [0.25, 0.3) is 0 Å². The van der Waals surface area contributed by atoms with Crippen molar-refractivity contribution >= 4 is 29.1 Å². The Bertz CT molecular complexity index is 743. The van der Waals surface area contributed by atoms with Crippen LogP contribution in [-0.2, 0) is 19.1 Å². The van der Waals surface area contributed by atoms with Gasteiger partial charge in [-0.3, -0.25) is 14.4 Å². The third-order valence-electron chi connectivity index (χ3n) is 5.04. The van der Waals surface area contributed by atoms with Crippen molar-refractivity contribution in [2.75, 3.05) is 36.5 Å². The molecule has 0 saturated carbocycles. The zero-order chi connectivity index (χ0) is 19.4. The van der Waals surface area contributed by atoms with Crippen LogP contribution in [0.2, 0.25) is 0 Å². The fraction of sp³-hybridized carbons (Fsp3) is 0.526. The van der Waals surface area contributed by atoms with Crippen molar-refractivity contribution in [3.05, 3.63) is 23.8 Å². The van der Waals surface area contributed by atoms with E-state index in [1.807, 2.05) is 6.92 Å². The van der Waals surface area contributed by atoms with Crippen molar-refractivity contribution in [1.82, 2.24) is 5.32 Å². The Morgan fingerprint density at radius 2 is 2.00 bits per heavy atom. The van der Waals surface area contributed by atoms with Gasteiger partial charge < -0.3 is 25.4 Å². The van der Waals surface area contributed by atoms with Gasteiger partial charge in [-0.25, -0.2) is 0 Å². The number of hydrogen-bond acceptors (Lipinski definition) is 5. The van der Waals surface area contributed by atoms with E-state index in [0.717, 1.165) is 17.7 Å². The van der Waals surface area contributed by atoms with Crippen LogP contribution in [0.5, 0.6) is 0 Å². The Morgan fingerprint density at radius 1 is 1.26 bits per heavy atom. The molecule has 0 unspecified atom stereocenters. The first-order valence-corrected chi connectivity index (χ1v) is 9.18. The summed E-state index contributed by atoms with van der Waals surface area (Å²) < 4.78 is 5.19. The van der Waals surface area contributed by atoms with Crippen LogP contribution in [0.15, 0.2) is 18.2 Å². The Hall–Kier alpha value is -2.45. The molecule has 0 spiro atoms. The van der Waals surface area contributed by atoms with Crippen LogP contribution in [-0.4, -0.2) is 54.7 Å². The predicted molar refractivity (Wildman–Crippen MR) is 99.4 cm³/mol. The molecule has 2 saturated heterocycles. The third-order valence-corrected chi connectivity index (χ3v) is 5.04. The first kappa shape index (κ1) is 19.3. The highest BCUT2D eigenvalue weighted by Crippen LogP contribution is 2.28. The second kappa shape index (κ2) is 8.06. The number of aliphatic hydroxyl groups is 1. The minimum absolute atomic E-state index is 0.00401. The summed E-state index contributed by atoms with van der Waals surface area (Å²) in [4.78, 5) is 37.9. The van der Waals surface area contributed by atoms with Crippen LogP contribution in [0.3, 0.4) is 0 Å². The number of nitrogens with zero attached hydrogens (tertiary/aromatic N) is 1. The zero-order valence-corrected chi connectivity index (χ0v) is 15.4. The maximum Gasteiger partial charge on any atom is 0.313 e. The van der Waals surface area contributed by atoms with Crippen LogP contribution < -0.4 is 15.5 Å². The topological polar surface area (TPSA) is 108 Å². The second-order valence-corrected chi connectivity index (χ2v) is 7.12. The van der Waals surface area contributed by atoms with Gasteiger partial charge in [-0.15, -0.1) is 0 Å². The Balaban J connectivity index is 1.60. The minimum Gasteiger partial charge on any atom is -0.388 e. The van der Waals surface area contributed by atoms with Crippen molar-refractivity contribution in [3.8, 4) is 0 Å². The van der Waals surface area contributed by atoms with Gasteiger partial charge in [-0.05, 0) is 31.0 Å². The number of carbonyl (C=O) groups excluding carboxylic acids is 3. The summed E-state index contributed by atoms with van der Waals surface area (Å²) in [5.74, 6) is -1.56. The molecule has 8 nitrogen and oxygen atoms in total. The normalized spacial score (nSPS) is 19.0. The summed E-state index contributed by atoms with van der Waals surface area (Å²) in [6.07, 6.45) is 2.16. The molecule has 0 aliphatic carbocycles. The Morgan fingerprint density at radius 3 is 2.67 bits per heavy atom. The number of amides is 3. The summed E-state index contributed by atoms with van der Waals surface area (Å²) in [5.41, 5.74) is 1.07. The maximum absolute atomic E-state index is 12.2. The van der Waals surface area contributed by atoms with E-state index in [2.05, 4.69) is 10.6 Å². The molecule has 2 heterocycles. The average molecular weight is 375 g/mol. The van der Waals surface area contributed by atoms with Gasteiger partial charge in [0.2, 0.25) is 5.91 Å². The lowest BCUT2D eigenvalue weighted by Gasteiger charge is -2.31. The van der Waals surface area contributed by atoms with E-state index in [1.54, 1.807) is 23.1 Å². The molecule has 27 heavy (non-hydrogen) atoms. The van der Waals surface area contributed by atoms with Gasteiger partial charge in [0, 0.05) is 56.9 Å². The van der Waals surface area contributed by atoms with Crippen molar-refractivity contribution in [2.24, 2.45) is 0 Å². The second-order valence-electron chi connectivity index (χ2n) is 7.12. The number of rotatable bonds is 4. The molecular formula is C19H25N3O5. The van der Waals surface area contributed by atoms with Crippen molar-refractivity contribution in [1.29, 1.82) is 0 Å². The maximum atomic E-state index is 12.2. The van der Waals surface area contributed by atoms with Crippen molar-refractivity contribution < 1.29 is 24.2 Å². The minimum atomic E-state index is -1.04. The van der Waals surface area contributed by atoms with E-state index in [1.165, 1.54) is 0 Å². The largest absolute Gasteiger partial charge is 0.388 e. The molecular weight excluding hydrogens is 350 g/mol. The molecule has 146 valence electrons. The first-order valence-electron chi connectivity index (χ1n) is 9.18. The third kappa shape index (κ3) is 4.64. The summed E-state index contributed by atoms with van der Waals surface area (Å²) in [7, 11) is 0. The molecule has 0 radical (unpaired) electrons. The number of ether oxygens (including phenoxy) is 1. The van der Waals surface area contributed by atoms with Crippen molar-refractivity contribution in [3.63, 3.8) is 0 Å². The molecule has 3 N–H and O–H groups in total. The molecule has 8 heteroatoms. The van der Waals surface area contributed by atoms with E-state index >= 15 is 0 Å². The van der Waals surface area contributed by atoms with Crippen LogP contribution in [0.1, 0.15) is 31.2 Å². The lowest BCUT2D eigenvalue weighted by Crippen LogP contribution is -2.48. The summed E-state index contributed by atoms with van der Waals surface area (Å²) in [6, 6.07) is 5.20. The van der Waals surface area contributed by atoms with Gasteiger partial charge in [0.25, 0.3) is 0 Å².